The van der Waals surface area contributed by atoms with Gasteiger partial charge in [-0.05, 0) is 55.3 Å². The van der Waals surface area contributed by atoms with E-state index in [-0.39, 0.29) is 10.8 Å². The summed E-state index contributed by atoms with van der Waals surface area (Å²) in [5.41, 5.74) is 1.74. The van der Waals surface area contributed by atoms with E-state index in [9.17, 15) is 13.2 Å². The maximum Gasteiger partial charge on any atom is 0.238 e. The van der Waals surface area contributed by atoms with Crippen molar-refractivity contribution in [2.75, 3.05) is 25.2 Å². The number of amides is 1. The Labute approximate surface area is 158 Å². The van der Waals surface area contributed by atoms with Crippen LogP contribution in [0.4, 0.5) is 5.69 Å². The molecule has 2 rings (SSSR count). The minimum atomic E-state index is -3.72. The molecule has 0 saturated carbocycles. The van der Waals surface area contributed by atoms with Crippen LogP contribution in [0.25, 0.3) is 0 Å². The van der Waals surface area contributed by atoms with Crippen LogP contribution in [0.1, 0.15) is 12.0 Å². The van der Waals surface area contributed by atoms with Crippen LogP contribution in [-0.4, -0.2) is 39.1 Å². The van der Waals surface area contributed by atoms with Gasteiger partial charge in [-0.2, -0.15) is 0 Å². The first-order chi connectivity index (χ1) is 12.3. The molecule has 0 aliphatic rings. The van der Waals surface area contributed by atoms with E-state index in [1.54, 1.807) is 11.8 Å². The number of thioether (sulfide) groups is 1. The fourth-order valence-electron chi connectivity index (χ4n) is 2.37. The Morgan fingerprint density at radius 2 is 1.73 bits per heavy atom. The third-order valence-electron chi connectivity index (χ3n) is 3.80. The van der Waals surface area contributed by atoms with E-state index in [1.165, 1.54) is 34.7 Å². The number of rotatable bonds is 8. The molecule has 26 heavy (non-hydrogen) atoms. The zero-order valence-electron chi connectivity index (χ0n) is 14.8. The summed E-state index contributed by atoms with van der Waals surface area (Å²) in [5.74, 6) is -0.127. The van der Waals surface area contributed by atoms with Crippen LogP contribution in [0, 0.1) is 0 Å². The fourth-order valence-corrected chi connectivity index (χ4v) is 3.29. The highest BCUT2D eigenvalue weighted by atomic mass is 32.2. The summed E-state index contributed by atoms with van der Waals surface area (Å²) in [6.07, 6.45) is 2.39. The van der Waals surface area contributed by atoms with Crippen LogP contribution in [0.2, 0.25) is 0 Å². The Kier molecular flexibility index (Phi) is 7.22. The van der Waals surface area contributed by atoms with Crippen molar-refractivity contribution in [3.05, 3.63) is 54.1 Å². The predicted molar refractivity (Wildman–Crippen MR) is 106 cm³/mol. The number of hydrogen-bond acceptors (Lipinski definition) is 5. The smallest absolute Gasteiger partial charge is 0.238 e. The number of hydrogen-bond donors (Lipinski definition) is 2. The summed E-state index contributed by atoms with van der Waals surface area (Å²) >= 11 is 1.71. The largest absolute Gasteiger partial charge is 0.326 e. The van der Waals surface area contributed by atoms with E-state index in [0.717, 1.165) is 6.54 Å². The third kappa shape index (κ3) is 6.45. The van der Waals surface area contributed by atoms with Gasteiger partial charge in [-0.3, -0.25) is 4.79 Å². The fraction of sp³-hybridized carbons (Fsp3) is 0.278. The van der Waals surface area contributed by atoms with Crippen LogP contribution in [0.15, 0.2) is 58.3 Å². The summed E-state index contributed by atoms with van der Waals surface area (Å²) in [5, 5.41) is 7.80. The summed E-state index contributed by atoms with van der Waals surface area (Å²) in [4.78, 5) is 15.4. The molecule has 2 aromatic rings. The number of nitrogens with zero attached hydrogens (tertiary/aromatic N) is 1. The standard InChI is InChI=1S/C18H23N3O3S2/c1-21(13-14-3-7-16(25-2)8-4-14)12-11-18(22)20-15-5-9-17(10-6-15)26(19,23)24/h3-10H,11-13H2,1-2H3,(H,20,22)(H2,19,23,24). The number of sulfonamides is 1. The molecule has 0 fully saturated rings. The van der Waals surface area contributed by atoms with Crippen LogP contribution in [-0.2, 0) is 21.4 Å². The van der Waals surface area contributed by atoms with E-state index in [0.29, 0.717) is 18.7 Å². The minimum absolute atomic E-state index is 0.0164. The summed E-state index contributed by atoms with van der Waals surface area (Å²) in [6, 6.07) is 14.1. The maximum atomic E-state index is 12.1. The molecule has 0 spiro atoms. The van der Waals surface area contributed by atoms with Crippen LogP contribution < -0.4 is 10.5 Å². The van der Waals surface area contributed by atoms with Crippen molar-refractivity contribution in [3.63, 3.8) is 0 Å². The molecule has 0 unspecified atom stereocenters. The third-order valence-corrected chi connectivity index (χ3v) is 5.47. The second-order valence-electron chi connectivity index (χ2n) is 5.95. The zero-order chi connectivity index (χ0) is 19.2. The van der Waals surface area contributed by atoms with Gasteiger partial charge in [0.15, 0.2) is 0 Å². The number of primary sulfonamides is 1. The Bertz CT molecular complexity index is 835. The molecular weight excluding hydrogens is 370 g/mol. The normalized spacial score (nSPS) is 11.5. The number of benzene rings is 2. The molecule has 0 aliphatic carbocycles. The van der Waals surface area contributed by atoms with Gasteiger partial charge in [0.1, 0.15) is 0 Å². The highest BCUT2D eigenvalue weighted by Gasteiger charge is 2.09. The molecule has 2 aromatic carbocycles. The first kappa shape index (κ1) is 20.4. The molecule has 6 nitrogen and oxygen atoms in total. The molecule has 0 atom stereocenters. The van der Waals surface area contributed by atoms with Crippen molar-refractivity contribution in [1.29, 1.82) is 0 Å². The van der Waals surface area contributed by atoms with Crippen molar-refractivity contribution in [2.45, 2.75) is 22.8 Å². The molecule has 0 heterocycles. The molecule has 0 saturated heterocycles. The lowest BCUT2D eigenvalue weighted by Gasteiger charge is -2.16. The Morgan fingerprint density at radius 1 is 1.12 bits per heavy atom. The van der Waals surface area contributed by atoms with Crippen LogP contribution in [0.3, 0.4) is 0 Å². The Morgan fingerprint density at radius 3 is 2.27 bits per heavy atom. The Balaban J connectivity index is 1.80. The molecule has 140 valence electrons. The van der Waals surface area contributed by atoms with Crippen molar-refractivity contribution >= 4 is 33.4 Å². The average molecular weight is 394 g/mol. The number of carbonyl (C=O) groups is 1. The molecule has 0 aromatic heterocycles. The van der Waals surface area contributed by atoms with Gasteiger partial charge in [-0.1, -0.05) is 12.1 Å². The van der Waals surface area contributed by atoms with Crippen molar-refractivity contribution < 1.29 is 13.2 Å². The molecule has 0 aliphatic heterocycles. The van der Waals surface area contributed by atoms with E-state index in [4.69, 9.17) is 5.14 Å². The van der Waals surface area contributed by atoms with E-state index in [1.807, 2.05) is 13.3 Å². The zero-order valence-corrected chi connectivity index (χ0v) is 16.4. The van der Waals surface area contributed by atoms with Gasteiger partial charge in [-0.15, -0.1) is 11.8 Å². The highest BCUT2D eigenvalue weighted by Crippen LogP contribution is 2.16. The van der Waals surface area contributed by atoms with Crippen molar-refractivity contribution in [2.24, 2.45) is 5.14 Å². The Hall–Kier alpha value is -1.87. The number of nitrogens with two attached hydrogens (primary N) is 1. The molecule has 0 radical (unpaired) electrons. The van der Waals surface area contributed by atoms with E-state index in [2.05, 4.69) is 34.5 Å². The van der Waals surface area contributed by atoms with Gasteiger partial charge in [0.2, 0.25) is 15.9 Å². The predicted octanol–water partition coefficient (Wildman–Crippen LogP) is 2.52. The van der Waals surface area contributed by atoms with Crippen molar-refractivity contribution in [3.8, 4) is 0 Å². The summed E-state index contributed by atoms with van der Waals surface area (Å²) in [6.45, 7) is 1.39. The number of anilines is 1. The van der Waals surface area contributed by atoms with Gasteiger partial charge in [-0.25, -0.2) is 13.6 Å². The summed E-state index contributed by atoms with van der Waals surface area (Å²) < 4.78 is 22.4. The van der Waals surface area contributed by atoms with E-state index >= 15 is 0 Å². The topological polar surface area (TPSA) is 92.5 Å². The first-order valence-electron chi connectivity index (χ1n) is 8.02. The lowest BCUT2D eigenvalue weighted by atomic mass is 10.2. The highest BCUT2D eigenvalue weighted by molar-refractivity contribution is 7.98. The second kappa shape index (κ2) is 9.18. The molecule has 8 heteroatoms. The second-order valence-corrected chi connectivity index (χ2v) is 8.39. The van der Waals surface area contributed by atoms with Crippen molar-refractivity contribution in [1.82, 2.24) is 4.90 Å². The minimum Gasteiger partial charge on any atom is -0.326 e. The number of nitrogens with one attached hydrogen (secondary N) is 1. The lowest BCUT2D eigenvalue weighted by molar-refractivity contribution is -0.116. The van der Waals surface area contributed by atoms with Gasteiger partial charge < -0.3 is 10.2 Å². The van der Waals surface area contributed by atoms with Crippen LogP contribution >= 0.6 is 11.8 Å². The lowest BCUT2D eigenvalue weighted by Crippen LogP contribution is -2.24. The average Bonchev–Trinajstić information content (AvgIpc) is 2.60. The summed E-state index contributed by atoms with van der Waals surface area (Å²) in [7, 11) is -1.76. The maximum absolute atomic E-state index is 12.1. The molecule has 3 N–H and O–H groups in total. The number of carbonyl (C=O) groups excluding carboxylic acids is 1. The first-order valence-corrected chi connectivity index (χ1v) is 10.8. The molecule has 0 bridgehead atoms. The quantitative estimate of drug-likeness (QED) is 0.672. The molecular formula is C18H23N3O3S2. The van der Waals surface area contributed by atoms with Gasteiger partial charge >= 0.3 is 0 Å². The molecule has 1 amide bonds. The van der Waals surface area contributed by atoms with Crippen LogP contribution in [0.5, 0.6) is 0 Å². The van der Waals surface area contributed by atoms with Gasteiger partial charge in [0.25, 0.3) is 0 Å². The van der Waals surface area contributed by atoms with Gasteiger partial charge in [0.05, 0.1) is 4.90 Å². The SMILES string of the molecule is CSc1ccc(CN(C)CCC(=O)Nc2ccc(S(N)(=O)=O)cc2)cc1. The monoisotopic (exact) mass is 393 g/mol. The van der Waals surface area contributed by atoms with Gasteiger partial charge in [0, 0.05) is 30.1 Å². The van der Waals surface area contributed by atoms with E-state index < -0.39 is 10.0 Å².